The van der Waals surface area contributed by atoms with E-state index >= 15 is 0 Å². The molecule has 0 spiro atoms. The Morgan fingerprint density at radius 1 is 1.42 bits per heavy atom. The number of rotatable bonds is 5. The zero-order valence-electron chi connectivity index (χ0n) is 11.2. The van der Waals surface area contributed by atoms with E-state index in [-0.39, 0.29) is 5.92 Å². The second-order valence-electron chi connectivity index (χ2n) is 5.93. The molecule has 2 saturated carbocycles. The summed E-state index contributed by atoms with van der Waals surface area (Å²) >= 11 is 0. The van der Waals surface area contributed by atoms with Crippen molar-refractivity contribution in [3.05, 3.63) is 5.82 Å². The van der Waals surface area contributed by atoms with Crippen LogP contribution >= 0.6 is 0 Å². The monoisotopic (exact) mass is 264 g/mol. The Balaban J connectivity index is 1.64. The first-order chi connectivity index (χ1) is 9.18. The lowest BCUT2D eigenvalue weighted by Gasteiger charge is -2.07. The first-order valence-corrected chi connectivity index (χ1v) is 7.17. The molecule has 6 nitrogen and oxygen atoms in total. The van der Waals surface area contributed by atoms with Gasteiger partial charge < -0.3 is 5.11 Å². The molecule has 2 aliphatic carbocycles. The number of carboxylic acids is 1. The number of hydrogen-bond acceptors (Lipinski definition) is 4. The zero-order chi connectivity index (χ0) is 13.4. The van der Waals surface area contributed by atoms with Crippen molar-refractivity contribution in [2.24, 2.45) is 17.8 Å². The summed E-state index contributed by atoms with van der Waals surface area (Å²) in [5, 5.41) is 20.9. The van der Waals surface area contributed by atoms with Crippen LogP contribution in [0.5, 0.6) is 0 Å². The SMILES string of the molecule is CC(CCn1nnnc1C1C2CCCCC21)C(=O)O. The van der Waals surface area contributed by atoms with Crippen molar-refractivity contribution in [2.45, 2.75) is 51.5 Å². The largest absolute Gasteiger partial charge is 0.481 e. The molecule has 0 bridgehead atoms. The molecule has 0 amide bonds. The first kappa shape index (κ1) is 12.6. The minimum absolute atomic E-state index is 0.349. The van der Waals surface area contributed by atoms with E-state index in [1.807, 2.05) is 4.68 Å². The van der Waals surface area contributed by atoms with Crippen molar-refractivity contribution >= 4 is 5.97 Å². The Kier molecular flexibility index (Phi) is 3.24. The molecule has 2 fully saturated rings. The number of nitrogens with zero attached hydrogens (tertiary/aromatic N) is 4. The number of aromatic nitrogens is 4. The second-order valence-corrected chi connectivity index (χ2v) is 5.93. The molecule has 1 heterocycles. The van der Waals surface area contributed by atoms with Gasteiger partial charge in [-0.3, -0.25) is 4.79 Å². The van der Waals surface area contributed by atoms with Crippen molar-refractivity contribution in [1.29, 1.82) is 0 Å². The van der Waals surface area contributed by atoms with Gasteiger partial charge in [-0.25, -0.2) is 4.68 Å². The third-order valence-electron chi connectivity index (χ3n) is 4.71. The number of carbonyl (C=O) groups is 1. The normalized spacial score (nSPS) is 30.7. The Morgan fingerprint density at radius 2 is 2.11 bits per heavy atom. The Labute approximate surface area is 112 Å². The predicted molar refractivity (Wildman–Crippen MR) is 67.4 cm³/mol. The van der Waals surface area contributed by atoms with Gasteiger partial charge in [0.15, 0.2) is 5.82 Å². The van der Waals surface area contributed by atoms with E-state index in [2.05, 4.69) is 15.5 Å². The highest BCUT2D eigenvalue weighted by atomic mass is 16.4. The van der Waals surface area contributed by atoms with Gasteiger partial charge in [-0.05, 0) is 41.5 Å². The van der Waals surface area contributed by atoms with Gasteiger partial charge in [0, 0.05) is 12.5 Å². The molecule has 0 radical (unpaired) electrons. The summed E-state index contributed by atoms with van der Waals surface area (Å²) in [5.41, 5.74) is 0. The van der Waals surface area contributed by atoms with E-state index in [1.165, 1.54) is 25.7 Å². The summed E-state index contributed by atoms with van der Waals surface area (Å²) in [7, 11) is 0. The molecule has 2 aliphatic rings. The fourth-order valence-corrected chi connectivity index (χ4v) is 3.42. The number of aryl methyl sites for hydroxylation is 1. The van der Waals surface area contributed by atoms with E-state index < -0.39 is 5.97 Å². The highest BCUT2D eigenvalue weighted by Gasteiger charge is 2.53. The topological polar surface area (TPSA) is 80.9 Å². The highest BCUT2D eigenvalue weighted by molar-refractivity contribution is 5.69. The molecule has 104 valence electrons. The van der Waals surface area contributed by atoms with E-state index in [1.54, 1.807) is 6.92 Å². The van der Waals surface area contributed by atoms with Gasteiger partial charge in [-0.1, -0.05) is 19.8 Å². The highest BCUT2D eigenvalue weighted by Crippen LogP contribution is 2.60. The maximum absolute atomic E-state index is 10.8. The summed E-state index contributed by atoms with van der Waals surface area (Å²) in [6.07, 6.45) is 5.83. The standard InChI is InChI=1S/C13H20N4O2/c1-8(13(18)19)6-7-17-12(14-15-16-17)11-9-4-2-3-5-10(9)11/h8-11H,2-7H2,1H3,(H,18,19). The van der Waals surface area contributed by atoms with E-state index in [0.717, 1.165) is 17.7 Å². The smallest absolute Gasteiger partial charge is 0.306 e. The van der Waals surface area contributed by atoms with Crippen LogP contribution in [0.3, 0.4) is 0 Å². The molecule has 0 aromatic carbocycles. The Hall–Kier alpha value is -1.46. The average molecular weight is 264 g/mol. The number of aliphatic carboxylic acids is 1. The molecule has 3 atom stereocenters. The fraction of sp³-hybridized carbons (Fsp3) is 0.846. The molecule has 6 heteroatoms. The van der Waals surface area contributed by atoms with Crippen molar-refractivity contribution in [3.8, 4) is 0 Å². The number of fused-ring (bicyclic) bond motifs is 1. The van der Waals surface area contributed by atoms with Crippen molar-refractivity contribution in [3.63, 3.8) is 0 Å². The van der Waals surface area contributed by atoms with E-state index in [0.29, 0.717) is 18.9 Å². The Bertz CT molecular complexity index is 461. The van der Waals surface area contributed by atoms with Crippen molar-refractivity contribution < 1.29 is 9.90 Å². The summed E-state index contributed by atoms with van der Waals surface area (Å²) in [6.45, 7) is 2.33. The molecular weight excluding hydrogens is 244 g/mol. The lowest BCUT2D eigenvalue weighted by atomic mass is 10.0. The predicted octanol–water partition coefficient (Wildman–Crippen LogP) is 1.69. The third-order valence-corrected chi connectivity index (χ3v) is 4.71. The van der Waals surface area contributed by atoms with Gasteiger partial charge in [-0.15, -0.1) is 5.10 Å². The van der Waals surface area contributed by atoms with Gasteiger partial charge in [0.25, 0.3) is 0 Å². The molecule has 3 unspecified atom stereocenters. The third kappa shape index (κ3) is 2.35. The van der Waals surface area contributed by atoms with Crippen LogP contribution in [-0.2, 0) is 11.3 Å². The number of tetrazole rings is 1. The van der Waals surface area contributed by atoms with Crippen LogP contribution in [0.25, 0.3) is 0 Å². The fourth-order valence-electron chi connectivity index (χ4n) is 3.42. The Morgan fingerprint density at radius 3 is 2.74 bits per heavy atom. The van der Waals surface area contributed by atoms with Crippen LogP contribution < -0.4 is 0 Å². The second kappa shape index (κ2) is 4.90. The summed E-state index contributed by atoms with van der Waals surface area (Å²) in [4.78, 5) is 10.8. The molecule has 1 aromatic rings. The van der Waals surface area contributed by atoms with Crippen LogP contribution in [0.2, 0.25) is 0 Å². The van der Waals surface area contributed by atoms with Gasteiger partial charge in [-0.2, -0.15) is 0 Å². The summed E-state index contributed by atoms with van der Waals surface area (Å²) in [6, 6.07) is 0. The van der Waals surface area contributed by atoms with Crippen LogP contribution in [0.4, 0.5) is 0 Å². The van der Waals surface area contributed by atoms with Crippen molar-refractivity contribution in [2.75, 3.05) is 0 Å². The summed E-state index contributed by atoms with van der Waals surface area (Å²) in [5.74, 6) is 1.95. The van der Waals surface area contributed by atoms with Crippen LogP contribution in [-0.4, -0.2) is 31.3 Å². The van der Waals surface area contributed by atoms with Crippen LogP contribution in [0.15, 0.2) is 0 Å². The maximum Gasteiger partial charge on any atom is 0.306 e. The zero-order valence-corrected chi connectivity index (χ0v) is 11.2. The average Bonchev–Trinajstić information content (AvgIpc) is 2.95. The van der Waals surface area contributed by atoms with Crippen molar-refractivity contribution in [1.82, 2.24) is 20.2 Å². The lowest BCUT2D eigenvalue weighted by Crippen LogP contribution is -2.14. The minimum Gasteiger partial charge on any atom is -0.481 e. The van der Waals surface area contributed by atoms with Gasteiger partial charge >= 0.3 is 5.97 Å². The molecular formula is C13H20N4O2. The summed E-state index contributed by atoms with van der Waals surface area (Å²) < 4.78 is 1.82. The maximum atomic E-state index is 10.8. The molecule has 1 aromatic heterocycles. The van der Waals surface area contributed by atoms with Gasteiger partial charge in [0.05, 0.1) is 5.92 Å². The quantitative estimate of drug-likeness (QED) is 0.875. The van der Waals surface area contributed by atoms with Gasteiger partial charge in [0.2, 0.25) is 0 Å². The van der Waals surface area contributed by atoms with Crippen LogP contribution in [0.1, 0.15) is 50.8 Å². The molecule has 3 rings (SSSR count). The number of hydrogen-bond donors (Lipinski definition) is 1. The lowest BCUT2D eigenvalue weighted by molar-refractivity contribution is -0.141. The molecule has 0 aliphatic heterocycles. The first-order valence-electron chi connectivity index (χ1n) is 7.17. The van der Waals surface area contributed by atoms with Gasteiger partial charge in [0.1, 0.15) is 0 Å². The van der Waals surface area contributed by atoms with E-state index in [9.17, 15) is 4.79 Å². The number of carboxylic acid groups (broad SMARTS) is 1. The minimum atomic E-state index is -0.755. The molecule has 1 N–H and O–H groups in total. The van der Waals surface area contributed by atoms with Crippen LogP contribution in [0, 0.1) is 17.8 Å². The van der Waals surface area contributed by atoms with E-state index in [4.69, 9.17) is 5.11 Å². The molecule has 19 heavy (non-hydrogen) atoms. The molecule has 0 saturated heterocycles.